The molecule has 5 nitrogen and oxygen atoms in total. The number of carbonyl (C=O) groups is 2. The quantitative estimate of drug-likeness (QED) is 0.698. The lowest BCUT2D eigenvalue weighted by Crippen LogP contribution is -2.46. The summed E-state index contributed by atoms with van der Waals surface area (Å²) in [6.07, 6.45) is 4.84. The number of carbonyl (C=O) groups excluding carboxylic acids is 1. The molecule has 1 aliphatic carbocycles. The zero-order valence-corrected chi connectivity index (χ0v) is 11.6. The molecule has 1 unspecified atom stereocenters. The Balaban J connectivity index is 1.91. The molecule has 2 fully saturated rings. The van der Waals surface area contributed by atoms with Crippen molar-refractivity contribution in [1.82, 2.24) is 10.6 Å². The van der Waals surface area contributed by atoms with Gasteiger partial charge in [-0.25, -0.2) is 0 Å². The van der Waals surface area contributed by atoms with Crippen LogP contribution in [0.3, 0.4) is 0 Å². The van der Waals surface area contributed by atoms with E-state index in [0.717, 1.165) is 38.8 Å². The van der Waals surface area contributed by atoms with Gasteiger partial charge in [-0.3, -0.25) is 9.59 Å². The second-order valence-corrected chi connectivity index (χ2v) is 5.98. The fraction of sp³-hybridized carbons (Fsp3) is 0.857. The van der Waals surface area contributed by atoms with Crippen LogP contribution in [0, 0.1) is 11.3 Å². The Morgan fingerprint density at radius 3 is 2.74 bits per heavy atom. The standard InChI is InChI=1S/C14H24N2O3/c1-2-5-14(6-7-15-9-14)13(19)16-11-4-3-10(8-11)12(17)18/h10-11,15H,2-9H2,1H3,(H,16,19)(H,17,18)/t10-,11+,14?/m1/s1. The van der Waals surface area contributed by atoms with E-state index in [1.54, 1.807) is 0 Å². The molecule has 0 aromatic heterocycles. The lowest BCUT2D eigenvalue weighted by molar-refractivity contribution is -0.141. The first-order chi connectivity index (χ1) is 9.07. The topological polar surface area (TPSA) is 78.4 Å². The fourth-order valence-corrected chi connectivity index (χ4v) is 3.42. The van der Waals surface area contributed by atoms with Gasteiger partial charge in [0.15, 0.2) is 0 Å². The number of carboxylic acids is 1. The number of rotatable bonds is 5. The molecule has 3 atom stereocenters. The van der Waals surface area contributed by atoms with Gasteiger partial charge < -0.3 is 15.7 Å². The summed E-state index contributed by atoms with van der Waals surface area (Å²) in [5, 5.41) is 15.4. The van der Waals surface area contributed by atoms with E-state index in [9.17, 15) is 9.59 Å². The van der Waals surface area contributed by atoms with E-state index in [1.165, 1.54) is 0 Å². The lowest BCUT2D eigenvalue weighted by atomic mass is 9.81. The summed E-state index contributed by atoms with van der Waals surface area (Å²) in [7, 11) is 0. The van der Waals surface area contributed by atoms with Gasteiger partial charge in [-0.05, 0) is 38.6 Å². The Morgan fingerprint density at radius 1 is 1.42 bits per heavy atom. The maximum atomic E-state index is 12.5. The molecule has 1 amide bonds. The minimum absolute atomic E-state index is 0.0444. The van der Waals surface area contributed by atoms with E-state index >= 15 is 0 Å². The Hall–Kier alpha value is -1.10. The van der Waals surface area contributed by atoms with Gasteiger partial charge in [-0.15, -0.1) is 0 Å². The van der Waals surface area contributed by atoms with Crippen molar-refractivity contribution < 1.29 is 14.7 Å². The summed E-state index contributed by atoms with van der Waals surface area (Å²) < 4.78 is 0. The summed E-state index contributed by atoms with van der Waals surface area (Å²) in [6.45, 7) is 3.75. The summed E-state index contributed by atoms with van der Waals surface area (Å²) in [5.41, 5.74) is -0.268. The molecule has 19 heavy (non-hydrogen) atoms. The number of nitrogens with one attached hydrogen (secondary N) is 2. The van der Waals surface area contributed by atoms with Gasteiger partial charge in [0.2, 0.25) is 5.91 Å². The molecule has 1 saturated heterocycles. The van der Waals surface area contributed by atoms with Crippen molar-refractivity contribution in [2.24, 2.45) is 11.3 Å². The average Bonchev–Trinajstić information content (AvgIpc) is 2.99. The fourth-order valence-electron chi connectivity index (χ4n) is 3.42. The van der Waals surface area contributed by atoms with Crippen LogP contribution in [0.15, 0.2) is 0 Å². The van der Waals surface area contributed by atoms with Crippen LogP contribution < -0.4 is 10.6 Å². The molecule has 0 radical (unpaired) electrons. The van der Waals surface area contributed by atoms with E-state index in [0.29, 0.717) is 12.8 Å². The van der Waals surface area contributed by atoms with Crippen LogP contribution in [0.4, 0.5) is 0 Å². The predicted octanol–water partition coefficient (Wildman–Crippen LogP) is 1.14. The molecule has 2 aliphatic rings. The highest BCUT2D eigenvalue weighted by Crippen LogP contribution is 2.33. The van der Waals surface area contributed by atoms with Crippen LogP contribution in [-0.2, 0) is 9.59 Å². The molecule has 108 valence electrons. The Morgan fingerprint density at radius 2 is 2.21 bits per heavy atom. The van der Waals surface area contributed by atoms with E-state index in [2.05, 4.69) is 17.6 Å². The Bertz CT molecular complexity index is 351. The SMILES string of the molecule is CCCC1(C(=O)N[C@H]2CC[C@@H](C(=O)O)C2)CCNC1. The highest BCUT2D eigenvalue weighted by molar-refractivity contribution is 5.83. The van der Waals surface area contributed by atoms with Crippen LogP contribution in [0.2, 0.25) is 0 Å². The van der Waals surface area contributed by atoms with Gasteiger partial charge in [-0.2, -0.15) is 0 Å². The minimum Gasteiger partial charge on any atom is -0.481 e. The average molecular weight is 268 g/mol. The second-order valence-electron chi connectivity index (χ2n) is 5.98. The smallest absolute Gasteiger partial charge is 0.306 e. The van der Waals surface area contributed by atoms with E-state index < -0.39 is 5.97 Å². The Labute approximate surface area is 114 Å². The Kier molecular flexibility index (Phi) is 4.45. The molecule has 0 spiro atoms. The predicted molar refractivity (Wildman–Crippen MR) is 71.7 cm³/mol. The number of carboxylic acid groups (broad SMARTS) is 1. The van der Waals surface area contributed by atoms with Crippen molar-refractivity contribution in [3.8, 4) is 0 Å². The van der Waals surface area contributed by atoms with Crippen LogP contribution in [-0.4, -0.2) is 36.1 Å². The van der Waals surface area contributed by atoms with Gasteiger partial charge in [0.05, 0.1) is 11.3 Å². The van der Waals surface area contributed by atoms with Gasteiger partial charge in [0.25, 0.3) is 0 Å². The molecule has 2 rings (SSSR count). The molecule has 1 heterocycles. The van der Waals surface area contributed by atoms with Crippen molar-refractivity contribution in [2.75, 3.05) is 13.1 Å². The number of aliphatic carboxylic acids is 1. The third kappa shape index (κ3) is 3.08. The summed E-state index contributed by atoms with van der Waals surface area (Å²) in [6, 6.07) is 0.0444. The molecule has 1 aliphatic heterocycles. The maximum Gasteiger partial charge on any atom is 0.306 e. The van der Waals surface area contributed by atoms with E-state index in [1.807, 2.05) is 0 Å². The largest absolute Gasteiger partial charge is 0.481 e. The molecule has 0 bridgehead atoms. The van der Waals surface area contributed by atoms with Crippen LogP contribution in [0.25, 0.3) is 0 Å². The first-order valence-corrected chi connectivity index (χ1v) is 7.32. The third-order valence-electron chi connectivity index (χ3n) is 4.57. The molecular formula is C14H24N2O3. The minimum atomic E-state index is -0.734. The van der Waals surface area contributed by atoms with Gasteiger partial charge in [0.1, 0.15) is 0 Å². The molecule has 1 saturated carbocycles. The lowest BCUT2D eigenvalue weighted by Gasteiger charge is -2.28. The molecule has 0 aromatic carbocycles. The normalized spacial score (nSPS) is 34.4. The van der Waals surface area contributed by atoms with Gasteiger partial charge >= 0.3 is 5.97 Å². The first-order valence-electron chi connectivity index (χ1n) is 7.32. The summed E-state index contributed by atoms with van der Waals surface area (Å²) in [5.74, 6) is -0.896. The molecular weight excluding hydrogens is 244 g/mol. The second kappa shape index (κ2) is 5.90. The van der Waals surface area contributed by atoms with Crippen LogP contribution in [0.5, 0.6) is 0 Å². The third-order valence-corrected chi connectivity index (χ3v) is 4.57. The van der Waals surface area contributed by atoms with Gasteiger partial charge in [0, 0.05) is 12.6 Å². The number of hydrogen-bond donors (Lipinski definition) is 3. The maximum absolute atomic E-state index is 12.5. The monoisotopic (exact) mass is 268 g/mol. The van der Waals surface area contributed by atoms with Crippen molar-refractivity contribution >= 4 is 11.9 Å². The van der Waals surface area contributed by atoms with Gasteiger partial charge in [-0.1, -0.05) is 13.3 Å². The number of amides is 1. The summed E-state index contributed by atoms with van der Waals surface area (Å²) >= 11 is 0. The van der Waals surface area contributed by atoms with Crippen molar-refractivity contribution in [3.05, 3.63) is 0 Å². The highest BCUT2D eigenvalue weighted by Gasteiger charge is 2.42. The zero-order chi connectivity index (χ0) is 13.9. The molecule has 3 N–H and O–H groups in total. The molecule has 0 aromatic rings. The van der Waals surface area contributed by atoms with Crippen LogP contribution >= 0.6 is 0 Å². The van der Waals surface area contributed by atoms with Crippen molar-refractivity contribution in [2.45, 2.75) is 51.5 Å². The molecule has 5 heteroatoms. The zero-order valence-electron chi connectivity index (χ0n) is 11.6. The van der Waals surface area contributed by atoms with E-state index in [-0.39, 0.29) is 23.3 Å². The van der Waals surface area contributed by atoms with E-state index in [4.69, 9.17) is 5.11 Å². The first kappa shape index (κ1) is 14.3. The summed E-state index contributed by atoms with van der Waals surface area (Å²) in [4.78, 5) is 23.4. The van der Waals surface area contributed by atoms with Crippen molar-refractivity contribution in [3.63, 3.8) is 0 Å². The highest BCUT2D eigenvalue weighted by atomic mass is 16.4. The number of hydrogen-bond acceptors (Lipinski definition) is 3. The van der Waals surface area contributed by atoms with Crippen LogP contribution in [0.1, 0.15) is 45.4 Å². The van der Waals surface area contributed by atoms with Crippen molar-refractivity contribution in [1.29, 1.82) is 0 Å².